The number of urea groups is 1. The number of carbonyl (C=O) groups is 2. The summed E-state index contributed by atoms with van der Waals surface area (Å²) >= 11 is 5.46. The number of halogens is 3. The Morgan fingerprint density at radius 1 is 1.23 bits per heavy atom. The van der Waals surface area contributed by atoms with E-state index < -0.39 is 29.1 Å². The van der Waals surface area contributed by atoms with Gasteiger partial charge in [0.2, 0.25) is 0 Å². The van der Waals surface area contributed by atoms with Crippen LogP contribution in [0.5, 0.6) is 0 Å². The van der Waals surface area contributed by atoms with Gasteiger partial charge in [0.15, 0.2) is 0 Å². The third-order valence-electron chi connectivity index (χ3n) is 2.72. The number of aromatic nitrogens is 1. The van der Waals surface area contributed by atoms with E-state index in [-0.39, 0.29) is 5.02 Å². The van der Waals surface area contributed by atoms with Gasteiger partial charge in [-0.2, -0.15) is 0 Å². The zero-order valence-electron chi connectivity index (χ0n) is 11.3. The van der Waals surface area contributed by atoms with Gasteiger partial charge in [0.1, 0.15) is 17.2 Å². The van der Waals surface area contributed by atoms with Gasteiger partial charge in [-0.15, -0.1) is 0 Å². The van der Waals surface area contributed by atoms with Gasteiger partial charge in [-0.05, 0) is 31.2 Å². The van der Waals surface area contributed by atoms with Crippen molar-refractivity contribution in [1.29, 1.82) is 0 Å². The zero-order chi connectivity index (χ0) is 16.3. The lowest BCUT2D eigenvalue weighted by Crippen LogP contribution is -2.35. The van der Waals surface area contributed by atoms with Crippen molar-refractivity contribution in [3.05, 3.63) is 58.4 Å². The lowest BCUT2D eigenvalue weighted by Gasteiger charge is -2.09. The maximum atomic E-state index is 13.6. The van der Waals surface area contributed by atoms with E-state index in [1.807, 2.05) is 5.32 Å². The molecule has 1 aromatic heterocycles. The molecule has 114 valence electrons. The number of carbonyl (C=O) groups excluding carboxylic acids is 2. The Morgan fingerprint density at radius 2 is 1.86 bits per heavy atom. The highest BCUT2D eigenvalue weighted by Crippen LogP contribution is 2.19. The highest BCUT2D eigenvalue weighted by atomic mass is 35.5. The minimum Gasteiger partial charge on any atom is -0.306 e. The summed E-state index contributed by atoms with van der Waals surface area (Å²) in [5.41, 5.74) is 0.00117. The molecule has 2 rings (SSSR count). The molecule has 0 saturated carbocycles. The summed E-state index contributed by atoms with van der Waals surface area (Å²) in [5.74, 6) is -3.54. The van der Waals surface area contributed by atoms with E-state index in [0.29, 0.717) is 11.4 Å². The number of rotatable bonds is 2. The number of pyridine rings is 1. The Bertz CT molecular complexity index is 730. The van der Waals surface area contributed by atoms with E-state index in [0.717, 1.165) is 12.1 Å². The van der Waals surface area contributed by atoms with Crippen LogP contribution in [0.2, 0.25) is 5.02 Å². The summed E-state index contributed by atoms with van der Waals surface area (Å²) in [6.07, 6.45) is 1.53. The first kappa shape index (κ1) is 15.8. The predicted octanol–water partition coefficient (Wildman–Crippen LogP) is 3.28. The number of imide groups is 1. The van der Waals surface area contributed by atoms with Crippen LogP contribution < -0.4 is 10.6 Å². The molecular formula is C14H10ClF2N3O2. The Morgan fingerprint density at radius 3 is 2.45 bits per heavy atom. The smallest absolute Gasteiger partial charge is 0.306 e. The van der Waals surface area contributed by atoms with Gasteiger partial charge in [0.05, 0.1) is 11.4 Å². The molecule has 0 bridgehead atoms. The van der Waals surface area contributed by atoms with Crippen LogP contribution in [0.25, 0.3) is 0 Å². The minimum absolute atomic E-state index is 0.193. The molecule has 0 aliphatic heterocycles. The van der Waals surface area contributed by atoms with Crippen LogP contribution in [-0.2, 0) is 0 Å². The first-order valence-corrected chi connectivity index (χ1v) is 6.45. The Balaban J connectivity index is 2.13. The molecule has 0 saturated heterocycles. The van der Waals surface area contributed by atoms with Gasteiger partial charge in [0, 0.05) is 11.2 Å². The van der Waals surface area contributed by atoms with Crippen LogP contribution >= 0.6 is 11.6 Å². The molecule has 0 spiro atoms. The standard InChI is InChI=1S/C14H10ClF2N3O2/c1-7-11(3-2-4-18-7)19-14(22)20-13(21)12-9(16)5-8(15)6-10(12)17/h2-6H,1H3,(H2,19,20,21,22). The van der Waals surface area contributed by atoms with E-state index in [1.165, 1.54) is 6.20 Å². The fourth-order valence-electron chi connectivity index (χ4n) is 1.69. The van der Waals surface area contributed by atoms with Crippen molar-refractivity contribution in [2.24, 2.45) is 0 Å². The Hall–Kier alpha value is -2.54. The largest absolute Gasteiger partial charge is 0.326 e. The second kappa shape index (κ2) is 6.48. The van der Waals surface area contributed by atoms with Gasteiger partial charge in [-0.3, -0.25) is 15.1 Å². The van der Waals surface area contributed by atoms with Crippen LogP contribution in [0.3, 0.4) is 0 Å². The van der Waals surface area contributed by atoms with E-state index in [1.54, 1.807) is 19.1 Å². The summed E-state index contributed by atoms with van der Waals surface area (Å²) in [4.78, 5) is 27.4. The fourth-order valence-corrected chi connectivity index (χ4v) is 1.89. The molecule has 2 N–H and O–H groups in total. The normalized spacial score (nSPS) is 10.2. The number of aryl methyl sites for hydroxylation is 1. The number of hydrogen-bond donors (Lipinski definition) is 2. The van der Waals surface area contributed by atoms with Crippen LogP contribution in [0.4, 0.5) is 19.3 Å². The molecule has 8 heteroatoms. The van der Waals surface area contributed by atoms with E-state index in [2.05, 4.69) is 10.3 Å². The van der Waals surface area contributed by atoms with Crippen molar-refractivity contribution >= 4 is 29.2 Å². The Kier molecular flexibility index (Phi) is 4.67. The molecule has 1 heterocycles. The zero-order valence-corrected chi connectivity index (χ0v) is 12.0. The molecule has 0 aliphatic rings. The second-order valence-electron chi connectivity index (χ2n) is 4.29. The molecule has 5 nitrogen and oxygen atoms in total. The van der Waals surface area contributed by atoms with Crippen molar-refractivity contribution in [3.8, 4) is 0 Å². The Labute approximate surface area is 129 Å². The third-order valence-corrected chi connectivity index (χ3v) is 2.93. The number of nitrogens with one attached hydrogen (secondary N) is 2. The SMILES string of the molecule is Cc1ncccc1NC(=O)NC(=O)c1c(F)cc(Cl)cc1F. The predicted molar refractivity (Wildman–Crippen MR) is 76.8 cm³/mol. The van der Waals surface area contributed by atoms with Gasteiger partial charge < -0.3 is 5.32 Å². The highest BCUT2D eigenvalue weighted by Gasteiger charge is 2.20. The summed E-state index contributed by atoms with van der Waals surface area (Å²) in [6, 6.07) is 3.78. The van der Waals surface area contributed by atoms with Crippen molar-refractivity contribution in [3.63, 3.8) is 0 Å². The molecule has 1 aromatic carbocycles. The summed E-state index contributed by atoms with van der Waals surface area (Å²) in [6.45, 7) is 1.65. The van der Waals surface area contributed by atoms with Gasteiger partial charge >= 0.3 is 6.03 Å². The maximum Gasteiger partial charge on any atom is 0.326 e. The first-order chi connectivity index (χ1) is 10.4. The molecule has 0 unspecified atom stereocenters. The molecule has 3 amide bonds. The molecule has 2 aromatic rings. The van der Waals surface area contributed by atoms with Crippen molar-refractivity contribution in [2.75, 3.05) is 5.32 Å². The molecule has 0 radical (unpaired) electrons. The minimum atomic E-state index is -1.22. The number of anilines is 1. The van der Waals surface area contributed by atoms with E-state index >= 15 is 0 Å². The number of amides is 3. The molecule has 0 fully saturated rings. The third kappa shape index (κ3) is 3.56. The lowest BCUT2D eigenvalue weighted by atomic mass is 10.2. The van der Waals surface area contributed by atoms with E-state index in [4.69, 9.17) is 11.6 Å². The maximum absolute atomic E-state index is 13.6. The van der Waals surface area contributed by atoms with Crippen LogP contribution in [0.1, 0.15) is 16.1 Å². The second-order valence-corrected chi connectivity index (χ2v) is 4.73. The summed E-state index contributed by atoms with van der Waals surface area (Å²) in [5, 5.41) is 4.00. The fraction of sp³-hybridized carbons (Fsp3) is 0.0714. The average molecular weight is 326 g/mol. The van der Waals surface area contributed by atoms with Crippen molar-refractivity contribution in [1.82, 2.24) is 10.3 Å². The van der Waals surface area contributed by atoms with Gasteiger partial charge in [-0.1, -0.05) is 11.6 Å². The number of hydrogen-bond acceptors (Lipinski definition) is 3. The topological polar surface area (TPSA) is 71.1 Å². The average Bonchev–Trinajstić information content (AvgIpc) is 2.40. The number of benzene rings is 1. The lowest BCUT2D eigenvalue weighted by molar-refractivity contribution is 0.0959. The molecular weight excluding hydrogens is 316 g/mol. The van der Waals surface area contributed by atoms with Gasteiger partial charge in [-0.25, -0.2) is 13.6 Å². The monoisotopic (exact) mass is 325 g/mol. The molecule has 22 heavy (non-hydrogen) atoms. The number of nitrogens with zero attached hydrogens (tertiary/aromatic N) is 1. The quantitative estimate of drug-likeness (QED) is 0.890. The molecule has 0 aliphatic carbocycles. The van der Waals surface area contributed by atoms with Crippen molar-refractivity contribution < 1.29 is 18.4 Å². The first-order valence-electron chi connectivity index (χ1n) is 6.07. The van der Waals surface area contributed by atoms with Gasteiger partial charge in [0.25, 0.3) is 5.91 Å². The highest BCUT2D eigenvalue weighted by molar-refractivity contribution is 6.30. The van der Waals surface area contributed by atoms with Crippen LogP contribution in [0.15, 0.2) is 30.5 Å². The van der Waals surface area contributed by atoms with Crippen LogP contribution in [0, 0.1) is 18.6 Å². The van der Waals surface area contributed by atoms with Crippen molar-refractivity contribution in [2.45, 2.75) is 6.92 Å². The molecule has 0 atom stereocenters. The summed E-state index contributed by atoms with van der Waals surface area (Å²) in [7, 11) is 0. The van der Waals surface area contributed by atoms with E-state index in [9.17, 15) is 18.4 Å². The van der Waals surface area contributed by atoms with Crippen LogP contribution in [-0.4, -0.2) is 16.9 Å². The summed E-state index contributed by atoms with van der Waals surface area (Å²) < 4.78 is 27.2.